The van der Waals surface area contributed by atoms with E-state index in [0.717, 1.165) is 44.5 Å². The fourth-order valence-corrected chi connectivity index (χ4v) is 7.56. The molecule has 2 aromatic rings. The number of carbonyl (C=O) groups is 5. The molecule has 2 unspecified atom stereocenters. The van der Waals surface area contributed by atoms with Gasteiger partial charge < -0.3 is 30.3 Å². The van der Waals surface area contributed by atoms with Gasteiger partial charge in [-0.15, -0.1) is 0 Å². The van der Waals surface area contributed by atoms with Crippen molar-refractivity contribution in [2.24, 2.45) is 5.92 Å². The van der Waals surface area contributed by atoms with Crippen LogP contribution in [0.15, 0.2) is 48.5 Å². The van der Waals surface area contributed by atoms with E-state index in [1.807, 2.05) is 10.6 Å². The number of likely N-dealkylation sites (tertiary alicyclic amines) is 1. The Bertz CT molecular complexity index is 1880. The number of ether oxygens (including phenoxy) is 2. The first-order valence-electron chi connectivity index (χ1n) is 16.5. The summed E-state index contributed by atoms with van der Waals surface area (Å²) in [6.07, 6.45) is -5.85. The van der Waals surface area contributed by atoms with Gasteiger partial charge in [-0.25, -0.2) is 8.42 Å². The van der Waals surface area contributed by atoms with E-state index in [2.05, 4.69) is 0 Å². The van der Waals surface area contributed by atoms with Crippen molar-refractivity contribution in [1.29, 1.82) is 0 Å². The summed E-state index contributed by atoms with van der Waals surface area (Å²) in [5, 5.41) is 2.96. The smallest absolute Gasteiger partial charge is 0.405 e. The highest BCUT2D eigenvalue weighted by Crippen LogP contribution is 2.32. The minimum Gasteiger partial charge on any atom is -0.497 e. The van der Waals surface area contributed by atoms with E-state index in [1.54, 1.807) is 0 Å². The molecule has 0 saturated carbocycles. The molecule has 13 nitrogen and oxygen atoms in total. The van der Waals surface area contributed by atoms with Crippen LogP contribution in [0.5, 0.6) is 5.75 Å². The van der Waals surface area contributed by atoms with E-state index in [1.165, 1.54) is 37.4 Å². The lowest BCUT2D eigenvalue weighted by molar-refractivity contribution is -0.165. The molecule has 0 bridgehead atoms. The van der Waals surface area contributed by atoms with Gasteiger partial charge in [-0.3, -0.25) is 24.0 Å². The first-order valence-corrected chi connectivity index (χ1v) is 18.6. The Morgan fingerprint density at radius 2 is 1.55 bits per heavy atom. The second-order valence-electron chi connectivity index (χ2n) is 13.1. The zero-order chi connectivity index (χ0) is 42.4. The van der Waals surface area contributed by atoms with Gasteiger partial charge >= 0.3 is 18.0 Å². The monoisotopic (exact) mass is 846 g/mol. The number of nitrogens with zero attached hydrogens (tertiary/aromatic N) is 1. The molecular formula is C34H38ClF7N4O9S. The molecule has 4 amide bonds. The van der Waals surface area contributed by atoms with Crippen molar-refractivity contribution in [3.8, 4) is 5.75 Å². The minimum atomic E-state index is -5.12. The normalized spacial score (nSPS) is 17.6. The number of alkyl halides is 7. The lowest BCUT2D eigenvalue weighted by Crippen LogP contribution is -2.60. The number of benzene rings is 2. The molecule has 1 fully saturated rings. The van der Waals surface area contributed by atoms with Gasteiger partial charge in [-0.05, 0) is 42.2 Å². The first-order chi connectivity index (χ1) is 25.8. The molecule has 0 radical (unpaired) electrons. The van der Waals surface area contributed by atoms with E-state index in [9.17, 15) is 54.3 Å². The highest BCUT2D eigenvalue weighted by Gasteiger charge is 2.53. The van der Waals surface area contributed by atoms with Crippen LogP contribution >= 0.6 is 11.6 Å². The summed E-state index contributed by atoms with van der Waals surface area (Å²) in [6.45, 7) is -1.53. The number of carbonyl (C=O) groups excluding carboxylic acids is 5. The quantitative estimate of drug-likeness (QED) is 0.160. The van der Waals surface area contributed by atoms with Crippen LogP contribution in [0, 0.1) is 5.92 Å². The summed E-state index contributed by atoms with van der Waals surface area (Å²) in [5.74, 6) is -20.6. The molecule has 2 aromatic carbocycles. The van der Waals surface area contributed by atoms with Crippen LogP contribution in [-0.2, 0) is 50.2 Å². The molecule has 1 heterocycles. The Hall–Kier alpha value is -4.50. The molecule has 0 aliphatic carbocycles. The minimum absolute atomic E-state index is 0.148. The topological polar surface area (TPSA) is 177 Å². The van der Waals surface area contributed by atoms with Gasteiger partial charge in [0.2, 0.25) is 17.6 Å². The maximum atomic E-state index is 15.2. The van der Waals surface area contributed by atoms with Gasteiger partial charge in [0.15, 0.2) is 9.84 Å². The van der Waals surface area contributed by atoms with Crippen LogP contribution < -0.4 is 20.7 Å². The summed E-state index contributed by atoms with van der Waals surface area (Å²) >= 11 is 5.79. The van der Waals surface area contributed by atoms with Crippen molar-refractivity contribution in [2.75, 3.05) is 33.9 Å². The van der Waals surface area contributed by atoms with E-state index in [0.29, 0.717) is 10.6 Å². The highest BCUT2D eigenvalue weighted by atomic mass is 35.5. The van der Waals surface area contributed by atoms with Crippen molar-refractivity contribution in [2.45, 2.75) is 67.4 Å². The van der Waals surface area contributed by atoms with E-state index in [-0.39, 0.29) is 10.6 Å². The summed E-state index contributed by atoms with van der Waals surface area (Å²) in [7, 11) is -1.90. The number of methoxy groups -OCH3 is 2. The van der Waals surface area contributed by atoms with E-state index in [4.69, 9.17) is 21.1 Å². The van der Waals surface area contributed by atoms with E-state index < -0.39 is 124 Å². The largest absolute Gasteiger partial charge is 0.497 e. The van der Waals surface area contributed by atoms with Gasteiger partial charge in [-0.2, -0.15) is 30.7 Å². The lowest BCUT2D eigenvalue weighted by Gasteiger charge is -2.31. The first kappa shape index (κ1) is 45.9. The molecule has 1 saturated heterocycles. The second kappa shape index (κ2) is 18.2. The SMILES string of the molecule is COCC(NC(=O)C(F)(F)c1cccc(Cl)c1)C(=O)N1C[C@H](S(=O)(=O)Cc2ccc(OC)cc2)C[C@H]1C(=O)NC(C(=O)C(F)(F)C(=O)NCC(F)(F)F)C(C)C. The Labute approximate surface area is 321 Å². The van der Waals surface area contributed by atoms with Crippen LogP contribution in [0.1, 0.15) is 31.4 Å². The molecule has 0 aromatic heterocycles. The van der Waals surface area contributed by atoms with Crippen molar-refractivity contribution in [3.63, 3.8) is 0 Å². The predicted octanol–water partition coefficient (Wildman–Crippen LogP) is 3.18. The molecule has 4 atom stereocenters. The van der Waals surface area contributed by atoms with Crippen molar-refractivity contribution in [3.05, 3.63) is 64.7 Å². The molecule has 1 aliphatic rings. The number of ketones is 1. The number of halogens is 8. The Balaban J connectivity index is 1.99. The number of sulfone groups is 1. The van der Waals surface area contributed by atoms with Gasteiger partial charge in [-0.1, -0.05) is 49.7 Å². The summed E-state index contributed by atoms with van der Waals surface area (Å²) < 4.78 is 135. The fourth-order valence-electron chi connectivity index (χ4n) is 5.61. The van der Waals surface area contributed by atoms with Crippen LogP contribution in [-0.4, -0.2) is 112 Å². The molecule has 310 valence electrons. The fraction of sp³-hybridized carbons (Fsp3) is 0.500. The number of rotatable bonds is 17. The number of amides is 4. The summed E-state index contributed by atoms with van der Waals surface area (Å²) in [6, 6.07) is 3.63. The zero-order valence-corrected chi connectivity index (χ0v) is 31.7. The van der Waals surface area contributed by atoms with Crippen LogP contribution in [0.3, 0.4) is 0 Å². The van der Waals surface area contributed by atoms with Gasteiger partial charge in [0.05, 0.1) is 30.8 Å². The number of hydrogen-bond acceptors (Lipinski definition) is 9. The molecular weight excluding hydrogens is 809 g/mol. The average Bonchev–Trinajstić information content (AvgIpc) is 3.58. The molecule has 3 rings (SSSR count). The van der Waals surface area contributed by atoms with Gasteiger partial charge in [0.1, 0.15) is 24.4 Å². The lowest BCUT2D eigenvalue weighted by atomic mass is 9.94. The van der Waals surface area contributed by atoms with Gasteiger partial charge in [0, 0.05) is 24.2 Å². The molecule has 0 spiro atoms. The van der Waals surface area contributed by atoms with Crippen molar-refractivity contribution in [1.82, 2.24) is 20.9 Å². The third-order valence-corrected chi connectivity index (χ3v) is 10.9. The van der Waals surface area contributed by atoms with Crippen LogP contribution in [0.25, 0.3) is 0 Å². The number of Topliss-reactive ketones (excluding diaryl/α,β-unsaturated/α-hetero) is 1. The number of hydrogen-bond donors (Lipinski definition) is 3. The summed E-state index contributed by atoms with van der Waals surface area (Å²) in [4.78, 5) is 66.2. The Kier molecular flexibility index (Phi) is 14.9. The third kappa shape index (κ3) is 11.3. The molecule has 1 aliphatic heterocycles. The molecule has 22 heteroatoms. The predicted molar refractivity (Wildman–Crippen MR) is 184 cm³/mol. The third-order valence-electron chi connectivity index (χ3n) is 8.58. The maximum Gasteiger partial charge on any atom is 0.405 e. The zero-order valence-electron chi connectivity index (χ0n) is 30.1. The van der Waals surface area contributed by atoms with Crippen LogP contribution in [0.2, 0.25) is 5.02 Å². The van der Waals surface area contributed by atoms with Crippen molar-refractivity contribution >= 4 is 50.9 Å². The second-order valence-corrected chi connectivity index (χ2v) is 15.8. The summed E-state index contributed by atoms with van der Waals surface area (Å²) in [5.41, 5.74) is -0.608. The Morgan fingerprint density at radius 3 is 2.09 bits per heavy atom. The van der Waals surface area contributed by atoms with Crippen molar-refractivity contribution < 1.29 is 72.6 Å². The van der Waals surface area contributed by atoms with Gasteiger partial charge in [0.25, 0.3) is 11.8 Å². The number of nitrogens with one attached hydrogen (secondary N) is 3. The Morgan fingerprint density at radius 1 is 0.929 bits per heavy atom. The van der Waals surface area contributed by atoms with E-state index >= 15 is 8.78 Å². The standard InChI is InChI=1S/C34H38ClF7N4O9S/c1-18(2)26(27(47)34(41,42)30(50)43-17-32(36,37)38)45-28(48)25-13-23(56(52,53)16-19-8-10-22(55-4)11-9-19)14-46(25)29(49)24(15-54-3)44-31(51)33(39,40)20-6-5-7-21(35)12-20/h5-12,18,23-26H,13-17H2,1-4H3,(H,43,50)(H,44,51)(H,45,48)/t23-,24?,25+,26?/m1/s1. The molecule has 3 N–H and O–H groups in total. The van der Waals surface area contributed by atoms with Crippen LogP contribution in [0.4, 0.5) is 30.7 Å². The molecule has 56 heavy (non-hydrogen) atoms. The highest BCUT2D eigenvalue weighted by molar-refractivity contribution is 7.91. The maximum absolute atomic E-state index is 15.2. The average molecular weight is 847 g/mol.